The highest BCUT2D eigenvalue weighted by Crippen LogP contribution is 2.52. The molecule has 0 spiro atoms. The molecule has 16 heavy (non-hydrogen) atoms. The lowest BCUT2D eigenvalue weighted by Gasteiger charge is -2.55. The fourth-order valence-electron chi connectivity index (χ4n) is 3.26. The first-order valence-electron chi connectivity index (χ1n) is 6.43. The Hall–Kier alpha value is -0.0900. The van der Waals surface area contributed by atoms with Crippen LogP contribution in [-0.2, 0) is 10.0 Å². The zero-order valence-corrected chi connectivity index (χ0v) is 11.0. The van der Waals surface area contributed by atoms with Crippen molar-refractivity contribution in [2.45, 2.75) is 57.2 Å². The van der Waals surface area contributed by atoms with E-state index in [0.717, 1.165) is 25.8 Å². The van der Waals surface area contributed by atoms with Gasteiger partial charge in [-0.3, -0.25) is 0 Å². The van der Waals surface area contributed by atoms with Gasteiger partial charge < -0.3 is 0 Å². The Bertz CT molecular complexity index is 393. The van der Waals surface area contributed by atoms with Crippen molar-refractivity contribution in [3.05, 3.63) is 0 Å². The molecule has 3 rings (SSSR count). The Morgan fingerprint density at radius 1 is 1.12 bits per heavy atom. The van der Waals surface area contributed by atoms with E-state index in [1.165, 1.54) is 12.8 Å². The third-order valence-electron chi connectivity index (χ3n) is 4.54. The zero-order valence-electron chi connectivity index (χ0n) is 10.1. The van der Waals surface area contributed by atoms with Crippen molar-refractivity contribution in [2.24, 2.45) is 11.3 Å². The molecule has 1 atom stereocenters. The van der Waals surface area contributed by atoms with E-state index in [-0.39, 0.29) is 10.7 Å². The summed E-state index contributed by atoms with van der Waals surface area (Å²) < 4.78 is 26.5. The summed E-state index contributed by atoms with van der Waals surface area (Å²) >= 11 is 0. The molecule has 0 unspecified atom stereocenters. The lowest BCUT2D eigenvalue weighted by molar-refractivity contribution is 0.00454. The molecule has 2 saturated carbocycles. The van der Waals surface area contributed by atoms with Crippen LogP contribution < -0.4 is 0 Å². The second-order valence-electron chi connectivity index (χ2n) is 6.41. The van der Waals surface area contributed by atoms with E-state index >= 15 is 0 Å². The topological polar surface area (TPSA) is 37.4 Å². The summed E-state index contributed by atoms with van der Waals surface area (Å²) in [5.74, 6) is 0.651. The lowest BCUT2D eigenvalue weighted by atomic mass is 9.75. The quantitative estimate of drug-likeness (QED) is 0.760. The summed E-state index contributed by atoms with van der Waals surface area (Å²) in [6.45, 7) is 5.17. The van der Waals surface area contributed by atoms with Gasteiger partial charge in [-0.15, -0.1) is 0 Å². The largest absolute Gasteiger partial charge is 0.217 e. The van der Waals surface area contributed by atoms with Gasteiger partial charge in [0.1, 0.15) is 0 Å². The average molecular weight is 243 g/mol. The molecule has 1 saturated heterocycles. The highest BCUT2D eigenvalue weighted by molar-refractivity contribution is 7.89. The van der Waals surface area contributed by atoms with Crippen molar-refractivity contribution < 1.29 is 8.42 Å². The van der Waals surface area contributed by atoms with Crippen molar-refractivity contribution in [2.75, 3.05) is 6.54 Å². The number of sulfonamides is 1. The van der Waals surface area contributed by atoms with Gasteiger partial charge in [-0.1, -0.05) is 20.3 Å². The molecular weight excluding hydrogens is 222 g/mol. The molecule has 1 aliphatic heterocycles. The summed E-state index contributed by atoms with van der Waals surface area (Å²) in [5, 5.41) is -0.0511. The van der Waals surface area contributed by atoms with E-state index in [4.69, 9.17) is 0 Å². The SMILES string of the molecule is CC1(C)CN(S(=O)(=O)C2CCC2)[C@H]1C1CC1. The Labute approximate surface area is 98.3 Å². The van der Waals surface area contributed by atoms with Gasteiger partial charge in [0.05, 0.1) is 5.25 Å². The predicted octanol–water partition coefficient (Wildman–Crippen LogP) is 1.99. The molecule has 0 N–H and O–H groups in total. The van der Waals surface area contributed by atoms with Crippen molar-refractivity contribution >= 4 is 10.0 Å². The van der Waals surface area contributed by atoms with Crippen LogP contribution >= 0.6 is 0 Å². The molecule has 0 radical (unpaired) electrons. The van der Waals surface area contributed by atoms with Gasteiger partial charge in [0, 0.05) is 12.6 Å². The fraction of sp³-hybridized carbons (Fsp3) is 1.00. The minimum absolute atomic E-state index is 0.0511. The molecule has 92 valence electrons. The molecule has 0 amide bonds. The van der Waals surface area contributed by atoms with Crippen LogP contribution in [0.15, 0.2) is 0 Å². The monoisotopic (exact) mass is 243 g/mol. The maximum atomic E-state index is 12.4. The van der Waals surface area contributed by atoms with Gasteiger partial charge in [0.2, 0.25) is 10.0 Å². The molecular formula is C12H21NO2S. The summed E-state index contributed by atoms with van der Waals surface area (Å²) in [6, 6.07) is 0.304. The Kier molecular flexibility index (Phi) is 2.22. The third-order valence-corrected chi connectivity index (χ3v) is 6.87. The van der Waals surface area contributed by atoms with E-state index < -0.39 is 10.0 Å². The van der Waals surface area contributed by atoms with Crippen molar-refractivity contribution in [3.8, 4) is 0 Å². The van der Waals surface area contributed by atoms with Crippen molar-refractivity contribution in [3.63, 3.8) is 0 Å². The third kappa shape index (κ3) is 1.46. The van der Waals surface area contributed by atoms with Crippen LogP contribution in [0, 0.1) is 11.3 Å². The number of rotatable bonds is 3. The average Bonchev–Trinajstić information content (AvgIpc) is 2.80. The van der Waals surface area contributed by atoms with Gasteiger partial charge in [-0.25, -0.2) is 8.42 Å². The van der Waals surface area contributed by atoms with Crippen LogP contribution in [0.25, 0.3) is 0 Å². The summed E-state index contributed by atoms with van der Waals surface area (Å²) in [6.07, 6.45) is 5.32. The van der Waals surface area contributed by atoms with Crippen LogP contribution in [0.3, 0.4) is 0 Å². The van der Waals surface area contributed by atoms with E-state index in [0.29, 0.717) is 12.0 Å². The van der Waals surface area contributed by atoms with Crippen LogP contribution in [-0.4, -0.2) is 30.6 Å². The first kappa shape index (κ1) is 11.0. The minimum atomic E-state index is -2.96. The molecule has 4 heteroatoms. The number of hydrogen-bond acceptors (Lipinski definition) is 2. The van der Waals surface area contributed by atoms with Crippen LogP contribution in [0.4, 0.5) is 0 Å². The van der Waals surface area contributed by atoms with E-state index in [9.17, 15) is 8.42 Å². The Morgan fingerprint density at radius 3 is 2.12 bits per heavy atom. The molecule has 0 bridgehead atoms. The van der Waals surface area contributed by atoms with E-state index in [1.54, 1.807) is 0 Å². The van der Waals surface area contributed by atoms with Gasteiger partial charge in [0.25, 0.3) is 0 Å². The first-order chi connectivity index (χ1) is 7.43. The number of hydrogen-bond donors (Lipinski definition) is 0. The van der Waals surface area contributed by atoms with E-state index in [1.807, 2.05) is 4.31 Å². The van der Waals surface area contributed by atoms with E-state index in [2.05, 4.69) is 13.8 Å². The normalized spacial score (nSPS) is 35.5. The predicted molar refractivity (Wildman–Crippen MR) is 63.6 cm³/mol. The molecule has 2 aliphatic carbocycles. The van der Waals surface area contributed by atoms with Gasteiger partial charge in [-0.05, 0) is 37.0 Å². The van der Waals surface area contributed by atoms with Crippen LogP contribution in [0.2, 0.25) is 0 Å². The minimum Gasteiger partial charge on any atom is -0.212 e. The summed E-state index contributed by atoms with van der Waals surface area (Å²) in [5.41, 5.74) is 0.206. The molecule has 0 aromatic carbocycles. The van der Waals surface area contributed by atoms with Crippen LogP contribution in [0.1, 0.15) is 46.0 Å². The van der Waals surface area contributed by atoms with Gasteiger partial charge in [-0.2, -0.15) is 4.31 Å². The smallest absolute Gasteiger partial charge is 0.212 e. The molecule has 3 fully saturated rings. The first-order valence-corrected chi connectivity index (χ1v) is 7.94. The molecule has 3 nitrogen and oxygen atoms in total. The standard InChI is InChI=1S/C12H21NO2S/c1-12(2)8-13(11(12)9-6-7-9)16(14,15)10-4-3-5-10/h9-11H,3-8H2,1-2H3/t11-/m0/s1. The fourth-order valence-corrected chi connectivity index (χ4v) is 5.86. The second-order valence-corrected chi connectivity index (χ2v) is 8.58. The molecule has 0 aromatic heterocycles. The second kappa shape index (κ2) is 3.22. The number of nitrogens with zero attached hydrogens (tertiary/aromatic N) is 1. The molecule has 3 aliphatic rings. The summed E-state index contributed by atoms with van der Waals surface area (Å²) in [7, 11) is -2.96. The highest BCUT2D eigenvalue weighted by atomic mass is 32.2. The molecule has 1 heterocycles. The lowest BCUT2D eigenvalue weighted by Crippen LogP contribution is -2.66. The maximum Gasteiger partial charge on any atom is 0.217 e. The van der Waals surface area contributed by atoms with Crippen molar-refractivity contribution in [1.82, 2.24) is 4.31 Å². The highest BCUT2D eigenvalue weighted by Gasteiger charge is 2.58. The van der Waals surface area contributed by atoms with Gasteiger partial charge >= 0.3 is 0 Å². The maximum absolute atomic E-state index is 12.4. The Morgan fingerprint density at radius 2 is 1.75 bits per heavy atom. The zero-order chi connectivity index (χ0) is 11.6. The van der Waals surface area contributed by atoms with Gasteiger partial charge in [0.15, 0.2) is 0 Å². The Balaban J connectivity index is 1.80. The summed E-state index contributed by atoms with van der Waals surface area (Å²) in [4.78, 5) is 0. The van der Waals surface area contributed by atoms with Crippen LogP contribution in [0.5, 0.6) is 0 Å². The van der Waals surface area contributed by atoms with Crippen molar-refractivity contribution in [1.29, 1.82) is 0 Å². The molecule has 0 aromatic rings.